The van der Waals surface area contributed by atoms with Gasteiger partial charge in [-0.05, 0) is 37.3 Å². The van der Waals surface area contributed by atoms with Gasteiger partial charge in [0.25, 0.3) is 5.91 Å². The second-order valence-corrected chi connectivity index (χ2v) is 5.26. The second-order valence-electron chi connectivity index (χ2n) is 5.26. The fourth-order valence-corrected chi connectivity index (χ4v) is 2.22. The molecule has 0 saturated heterocycles. The second kappa shape index (κ2) is 7.27. The molecule has 0 fully saturated rings. The van der Waals surface area contributed by atoms with E-state index in [2.05, 4.69) is 26.7 Å². The lowest BCUT2D eigenvalue weighted by Gasteiger charge is -2.09. The van der Waals surface area contributed by atoms with E-state index < -0.39 is 0 Å². The summed E-state index contributed by atoms with van der Waals surface area (Å²) in [6.45, 7) is 2.04. The maximum absolute atomic E-state index is 12.3. The molecule has 0 aliphatic carbocycles. The maximum Gasteiger partial charge on any atom is 0.270 e. The third-order valence-corrected chi connectivity index (χ3v) is 3.38. The van der Waals surface area contributed by atoms with Crippen LogP contribution in [0.2, 0.25) is 0 Å². The van der Waals surface area contributed by atoms with Crippen molar-refractivity contribution in [3.63, 3.8) is 0 Å². The number of para-hydroxylation sites is 1. The molecular formula is C18H15N5O2. The molecule has 3 aromatic rings. The van der Waals surface area contributed by atoms with Crippen molar-refractivity contribution in [2.45, 2.75) is 13.5 Å². The quantitative estimate of drug-likeness (QED) is 0.744. The van der Waals surface area contributed by atoms with E-state index in [1.807, 2.05) is 0 Å². The van der Waals surface area contributed by atoms with Crippen LogP contribution in [0.4, 0.5) is 11.6 Å². The number of carbonyl (C=O) groups excluding carboxylic acids is 1. The summed E-state index contributed by atoms with van der Waals surface area (Å²) in [5.41, 5.74) is 1.92. The zero-order valence-electron chi connectivity index (χ0n) is 13.5. The number of benzene rings is 1. The van der Waals surface area contributed by atoms with E-state index in [1.54, 1.807) is 55.7 Å². The number of nitrogens with one attached hydrogen (secondary N) is 2. The fourth-order valence-electron chi connectivity index (χ4n) is 2.22. The molecule has 7 heteroatoms. The Morgan fingerprint density at radius 2 is 2.08 bits per heavy atom. The van der Waals surface area contributed by atoms with Gasteiger partial charge < -0.3 is 15.1 Å². The fraction of sp³-hybridized carbons (Fsp3) is 0.111. The summed E-state index contributed by atoms with van der Waals surface area (Å²) in [5.74, 6) is 0.574. The molecule has 2 N–H and O–H groups in total. The van der Waals surface area contributed by atoms with E-state index in [4.69, 9.17) is 9.68 Å². The zero-order valence-corrected chi connectivity index (χ0v) is 13.5. The van der Waals surface area contributed by atoms with E-state index in [9.17, 15) is 4.79 Å². The van der Waals surface area contributed by atoms with Crippen LogP contribution in [0.3, 0.4) is 0 Å². The first-order valence-electron chi connectivity index (χ1n) is 7.58. The van der Waals surface area contributed by atoms with Crippen LogP contribution >= 0.6 is 0 Å². The molecule has 0 radical (unpaired) electrons. The van der Waals surface area contributed by atoms with E-state index in [-0.39, 0.29) is 24.1 Å². The molecule has 1 aromatic carbocycles. The minimum Gasteiger partial charge on any atom is -0.467 e. The molecule has 0 unspecified atom stereocenters. The van der Waals surface area contributed by atoms with Crippen molar-refractivity contribution in [3.8, 4) is 6.07 Å². The zero-order chi connectivity index (χ0) is 17.6. The largest absolute Gasteiger partial charge is 0.467 e. The lowest BCUT2D eigenvalue weighted by molar-refractivity contribution is 0.0943. The van der Waals surface area contributed by atoms with Crippen LogP contribution in [0, 0.1) is 18.3 Å². The van der Waals surface area contributed by atoms with Crippen LogP contribution in [0.15, 0.2) is 53.1 Å². The lowest BCUT2D eigenvalue weighted by atomic mass is 10.2. The highest BCUT2D eigenvalue weighted by Crippen LogP contribution is 2.18. The third kappa shape index (κ3) is 4.00. The summed E-state index contributed by atoms with van der Waals surface area (Å²) >= 11 is 0. The normalized spacial score (nSPS) is 10.1. The minimum atomic E-state index is -0.335. The molecule has 0 bridgehead atoms. The molecule has 3 rings (SSSR count). The van der Waals surface area contributed by atoms with Gasteiger partial charge in [0.1, 0.15) is 17.5 Å². The van der Waals surface area contributed by atoms with Crippen molar-refractivity contribution in [2.75, 3.05) is 5.32 Å². The Bertz CT molecular complexity index is 929. The molecule has 0 spiro atoms. The van der Waals surface area contributed by atoms with Crippen molar-refractivity contribution in [2.24, 2.45) is 0 Å². The van der Waals surface area contributed by atoms with E-state index >= 15 is 0 Å². The van der Waals surface area contributed by atoms with Crippen molar-refractivity contribution in [3.05, 3.63) is 71.4 Å². The number of nitriles is 1. The molecule has 124 valence electrons. The number of anilines is 2. The standard InChI is InChI=1S/C18H15N5O2/c1-12-9-16(17(24)20-11-14-6-4-8-25-14)23-18(21-12)22-15-7-3-2-5-13(15)10-19/h2-9H,11H2,1H3,(H,20,24)(H,21,22,23). The van der Waals surface area contributed by atoms with E-state index in [0.717, 1.165) is 0 Å². The number of amides is 1. The molecule has 2 aromatic heterocycles. The highest BCUT2D eigenvalue weighted by Gasteiger charge is 2.12. The molecule has 1 amide bonds. The Hall–Kier alpha value is -3.66. The minimum absolute atomic E-state index is 0.232. The number of aryl methyl sites for hydroxylation is 1. The number of hydrogen-bond acceptors (Lipinski definition) is 6. The van der Waals surface area contributed by atoms with Crippen LogP contribution in [-0.2, 0) is 6.54 Å². The summed E-state index contributed by atoms with van der Waals surface area (Å²) in [4.78, 5) is 20.8. The molecule has 0 aliphatic rings. The smallest absolute Gasteiger partial charge is 0.270 e. The first-order valence-corrected chi connectivity index (χ1v) is 7.58. The van der Waals surface area contributed by atoms with Gasteiger partial charge in [-0.3, -0.25) is 4.79 Å². The highest BCUT2D eigenvalue weighted by molar-refractivity contribution is 5.92. The summed E-state index contributed by atoms with van der Waals surface area (Å²) < 4.78 is 5.18. The van der Waals surface area contributed by atoms with Gasteiger partial charge in [0.2, 0.25) is 5.95 Å². The SMILES string of the molecule is Cc1cc(C(=O)NCc2ccco2)nc(Nc2ccccc2C#N)n1. The van der Waals surface area contributed by atoms with E-state index in [1.165, 1.54) is 0 Å². The van der Waals surface area contributed by atoms with Gasteiger partial charge in [-0.1, -0.05) is 12.1 Å². The summed E-state index contributed by atoms with van der Waals surface area (Å²) in [6.07, 6.45) is 1.55. The average Bonchev–Trinajstić information content (AvgIpc) is 3.13. The van der Waals surface area contributed by atoms with Crippen molar-refractivity contribution < 1.29 is 9.21 Å². The topological polar surface area (TPSA) is 104 Å². The molecule has 0 atom stereocenters. The van der Waals surface area contributed by atoms with Crippen LogP contribution in [0.25, 0.3) is 0 Å². The van der Waals surface area contributed by atoms with Crippen LogP contribution in [0.5, 0.6) is 0 Å². The van der Waals surface area contributed by atoms with Crippen molar-refractivity contribution in [1.29, 1.82) is 5.26 Å². The molecule has 25 heavy (non-hydrogen) atoms. The predicted octanol–water partition coefficient (Wildman–Crippen LogP) is 2.92. The van der Waals surface area contributed by atoms with Gasteiger partial charge in [0.05, 0.1) is 24.1 Å². The highest BCUT2D eigenvalue weighted by atomic mass is 16.3. The number of carbonyl (C=O) groups is 1. The van der Waals surface area contributed by atoms with Gasteiger partial charge in [-0.15, -0.1) is 0 Å². The number of hydrogen-bond donors (Lipinski definition) is 2. The third-order valence-electron chi connectivity index (χ3n) is 3.38. The monoisotopic (exact) mass is 333 g/mol. The summed E-state index contributed by atoms with van der Waals surface area (Å²) in [6, 6.07) is 14.2. The number of nitrogens with zero attached hydrogens (tertiary/aromatic N) is 3. The molecule has 0 aliphatic heterocycles. The first kappa shape index (κ1) is 16.2. The Morgan fingerprint density at radius 3 is 2.84 bits per heavy atom. The van der Waals surface area contributed by atoms with Crippen molar-refractivity contribution >= 4 is 17.5 Å². The molecule has 2 heterocycles. The van der Waals surface area contributed by atoms with Gasteiger partial charge in [-0.25, -0.2) is 9.97 Å². The Kier molecular flexibility index (Phi) is 4.72. The average molecular weight is 333 g/mol. The van der Waals surface area contributed by atoms with E-state index in [0.29, 0.717) is 22.7 Å². The molecule has 7 nitrogen and oxygen atoms in total. The lowest BCUT2D eigenvalue weighted by Crippen LogP contribution is -2.24. The Balaban J connectivity index is 1.78. The van der Waals surface area contributed by atoms with Crippen LogP contribution in [-0.4, -0.2) is 15.9 Å². The molecule has 0 saturated carbocycles. The van der Waals surface area contributed by atoms with Gasteiger partial charge in [0.15, 0.2) is 0 Å². The van der Waals surface area contributed by atoms with Gasteiger partial charge >= 0.3 is 0 Å². The summed E-state index contributed by atoms with van der Waals surface area (Å²) in [5, 5.41) is 14.9. The predicted molar refractivity (Wildman–Crippen MR) is 91.1 cm³/mol. The first-order chi connectivity index (χ1) is 12.2. The number of aromatic nitrogens is 2. The Morgan fingerprint density at radius 1 is 1.24 bits per heavy atom. The molecular weight excluding hydrogens is 318 g/mol. The van der Waals surface area contributed by atoms with Gasteiger partial charge in [-0.2, -0.15) is 5.26 Å². The number of rotatable bonds is 5. The summed E-state index contributed by atoms with van der Waals surface area (Å²) in [7, 11) is 0. The van der Waals surface area contributed by atoms with Crippen LogP contribution < -0.4 is 10.6 Å². The van der Waals surface area contributed by atoms with Crippen LogP contribution in [0.1, 0.15) is 27.5 Å². The van der Waals surface area contributed by atoms with Crippen molar-refractivity contribution in [1.82, 2.24) is 15.3 Å². The van der Waals surface area contributed by atoms with Gasteiger partial charge in [0, 0.05) is 5.69 Å². The Labute approximate surface area is 144 Å². The number of furan rings is 1. The maximum atomic E-state index is 12.3.